The monoisotopic (exact) mass is 312 g/mol. The maximum atomic E-state index is 4.33. The van der Waals surface area contributed by atoms with Crippen molar-refractivity contribution in [1.29, 1.82) is 0 Å². The summed E-state index contributed by atoms with van der Waals surface area (Å²) in [6, 6.07) is 0.537. The molecule has 0 bridgehead atoms. The Labute approximate surface area is 117 Å². The van der Waals surface area contributed by atoms with Crippen molar-refractivity contribution in [3.8, 4) is 0 Å². The van der Waals surface area contributed by atoms with Crippen LogP contribution in [0.5, 0.6) is 0 Å². The van der Waals surface area contributed by atoms with Crippen LogP contribution in [0.15, 0.2) is 10.8 Å². The van der Waals surface area contributed by atoms with Gasteiger partial charge in [0.25, 0.3) is 0 Å². The van der Waals surface area contributed by atoms with Gasteiger partial charge in [-0.2, -0.15) is 0 Å². The van der Waals surface area contributed by atoms with Gasteiger partial charge in [0.2, 0.25) is 0 Å². The zero-order chi connectivity index (χ0) is 13.0. The van der Waals surface area contributed by atoms with Crippen LogP contribution in [0.1, 0.15) is 39.5 Å². The molecule has 18 heavy (non-hydrogen) atoms. The van der Waals surface area contributed by atoms with E-state index < -0.39 is 0 Å². The lowest BCUT2D eigenvalue weighted by atomic mass is 9.87. The minimum Gasteiger partial charge on any atom is -0.369 e. The second-order valence-electron chi connectivity index (χ2n) is 5.03. The van der Waals surface area contributed by atoms with Gasteiger partial charge in [0.05, 0.1) is 0 Å². The van der Waals surface area contributed by atoms with E-state index in [4.69, 9.17) is 0 Å². The Balaban J connectivity index is 2.06. The van der Waals surface area contributed by atoms with Crippen LogP contribution in [0.25, 0.3) is 0 Å². The van der Waals surface area contributed by atoms with Crippen LogP contribution in [0.4, 0.5) is 11.6 Å². The molecular weight excluding hydrogens is 292 g/mol. The second-order valence-corrected chi connectivity index (χ2v) is 5.82. The summed E-state index contributed by atoms with van der Waals surface area (Å²) in [6.07, 6.45) is 6.73. The van der Waals surface area contributed by atoms with E-state index in [0.717, 1.165) is 28.6 Å². The molecule has 0 aliphatic heterocycles. The quantitative estimate of drug-likeness (QED) is 0.890. The molecular formula is C13H21BrN4. The van der Waals surface area contributed by atoms with E-state index >= 15 is 0 Å². The van der Waals surface area contributed by atoms with E-state index in [1.54, 1.807) is 6.33 Å². The minimum absolute atomic E-state index is 0.537. The normalized spacial score (nSPS) is 23.7. The summed E-state index contributed by atoms with van der Waals surface area (Å²) < 4.78 is 0.935. The molecule has 1 aromatic heterocycles. The van der Waals surface area contributed by atoms with Crippen LogP contribution in [-0.4, -0.2) is 22.6 Å². The largest absolute Gasteiger partial charge is 0.369 e. The van der Waals surface area contributed by atoms with Crippen molar-refractivity contribution in [2.45, 2.75) is 45.6 Å². The van der Waals surface area contributed by atoms with Gasteiger partial charge in [-0.25, -0.2) is 9.97 Å². The summed E-state index contributed by atoms with van der Waals surface area (Å²) in [7, 11) is 0. The number of aromatic nitrogens is 2. The highest BCUT2D eigenvalue weighted by atomic mass is 79.9. The van der Waals surface area contributed by atoms with Gasteiger partial charge in [-0.1, -0.05) is 19.8 Å². The lowest BCUT2D eigenvalue weighted by Gasteiger charge is -2.28. The molecule has 0 radical (unpaired) electrons. The summed E-state index contributed by atoms with van der Waals surface area (Å²) >= 11 is 3.57. The number of nitrogens with one attached hydrogen (secondary N) is 2. The Morgan fingerprint density at radius 1 is 1.33 bits per heavy atom. The van der Waals surface area contributed by atoms with Crippen molar-refractivity contribution >= 4 is 27.6 Å². The molecule has 5 heteroatoms. The highest BCUT2D eigenvalue weighted by Crippen LogP contribution is 2.30. The van der Waals surface area contributed by atoms with Crippen LogP contribution < -0.4 is 10.6 Å². The van der Waals surface area contributed by atoms with Crippen molar-refractivity contribution in [3.05, 3.63) is 10.8 Å². The first-order chi connectivity index (χ1) is 8.70. The summed E-state index contributed by atoms with van der Waals surface area (Å²) in [6.45, 7) is 5.24. The average molecular weight is 313 g/mol. The van der Waals surface area contributed by atoms with Crippen LogP contribution in [-0.2, 0) is 0 Å². The highest BCUT2D eigenvalue weighted by molar-refractivity contribution is 9.10. The first-order valence-corrected chi connectivity index (χ1v) is 7.51. The molecule has 2 atom stereocenters. The van der Waals surface area contributed by atoms with E-state index in [9.17, 15) is 0 Å². The Morgan fingerprint density at radius 3 is 2.83 bits per heavy atom. The maximum absolute atomic E-state index is 4.33. The third-order valence-electron chi connectivity index (χ3n) is 3.41. The first kappa shape index (κ1) is 13.6. The van der Waals surface area contributed by atoms with Crippen LogP contribution in [0.3, 0.4) is 0 Å². The van der Waals surface area contributed by atoms with Crippen molar-refractivity contribution in [2.75, 3.05) is 17.2 Å². The predicted molar refractivity (Wildman–Crippen MR) is 78.9 cm³/mol. The van der Waals surface area contributed by atoms with E-state index in [1.807, 2.05) is 0 Å². The number of anilines is 2. The lowest BCUT2D eigenvalue weighted by Crippen LogP contribution is -2.27. The Kier molecular flexibility index (Phi) is 4.80. The Morgan fingerprint density at radius 2 is 2.11 bits per heavy atom. The molecule has 100 valence electrons. The van der Waals surface area contributed by atoms with Crippen molar-refractivity contribution in [1.82, 2.24) is 9.97 Å². The van der Waals surface area contributed by atoms with Gasteiger partial charge in [-0.3, -0.25) is 0 Å². The van der Waals surface area contributed by atoms with Crippen molar-refractivity contribution < 1.29 is 0 Å². The third kappa shape index (κ3) is 3.34. The van der Waals surface area contributed by atoms with Gasteiger partial charge in [0.1, 0.15) is 22.4 Å². The molecule has 1 fully saturated rings. The minimum atomic E-state index is 0.537. The maximum Gasteiger partial charge on any atom is 0.146 e. The fraction of sp³-hybridized carbons (Fsp3) is 0.692. The molecule has 1 heterocycles. The summed E-state index contributed by atoms with van der Waals surface area (Å²) in [5, 5.41) is 6.76. The molecule has 0 amide bonds. The van der Waals surface area contributed by atoms with Crippen LogP contribution in [0.2, 0.25) is 0 Å². The SMILES string of the molecule is CCNc1ncnc(NC2CCCC(C)C2)c1Br. The number of hydrogen-bond donors (Lipinski definition) is 2. The average Bonchev–Trinajstić information content (AvgIpc) is 2.35. The van der Waals surface area contributed by atoms with E-state index in [1.165, 1.54) is 25.7 Å². The number of nitrogens with zero attached hydrogens (tertiary/aromatic N) is 2. The topological polar surface area (TPSA) is 49.8 Å². The predicted octanol–water partition coefficient (Wildman–Crippen LogP) is 3.66. The van der Waals surface area contributed by atoms with E-state index in [2.05, 4.69) is 50.4 Å². The summed E-state index contributed by atoms with van der Waals surface area (Å²) in [5.74, 6) is 2.57. The fourth-order valence-corrected chi connectivity index (χ4v) is 2.98. The Bertz CT molecular complexity index is 397. The van der Waals surface area contributed by atoms with Gasteiger partial charge >= 0.3 is 0 Å². The van der Waals surface area contributed by atoms with Crippen molar-refractivity contribution in [2.24, 2.45) is 5.92 Å². The Hall–Kier alpha value is -0.840. The van der Waals surface area contributed by atoms with E-state index in [0.29, 0.717) is 6.04 Å². The molecule has 2 N–H and O–H groups in total. The van der Waals surface area contributed by atoms with E-state index in [-0.39, 0.29) is 0 Å². The zero-order valence-electron chi connectivity index (χ0n) is 11.0. The van der Waals surface area contributed by atoms with Gasteiger partial charge < -0.3 is 10.6 Å². The molecule has 0 aromatic carbocycles. The molecule has 1 aliphatic rings. The fourth-order valence-electron chi connectivity index (χ4n) is 2.52. The molecule has 1 aromatic rings. The molecule has 2 rings (SSSR count). The van der Waals surface area contributed by atoms with Gasteiger partial charge in [0, 0.05) is 12.6 Å². The third-order valence-corrected chi connectivity index (χ3v) is 4.16. The summed E-state index contributed by atoms with van der Waals surface area (Å²) in [5.41, 5.74) is 0. The molecule has 1 saturated carbocycles. The summed E-state index contributed by atoms with van der Waals surface area (Å²) in [4.78, 5) is 8.56. The molecule has 0 saturated heterocycles. The van der Waals surface area contributed by atoms with Gasteiger partial charge in [-0.15, -0.1) is 0 Å². The van der Waals surface area contributed by atoms with Gasteiger partial charge in [-0.05, 0) is 41.6 Å². The molecule has 0 spiro atoms. The number of hydrogen-bond acceptors (Lipinski definition) is 4. The second kappa shape index (κ2) is 6.36. The smallest absolute Gasteiger partial charge is 0.146 e. The zero-order valence-corrected chi connectivity index (χ0v) is 12.6. The highest BCUT2D eigenvalue weighted by Gasteiger charge is 2.20. The van der Waals surface area contributed by atoms with Crippen LogP contribution in [0, 0.1) is 5.92 Å². The standard InChI is InChI=1S/C13H21BrN4/c1-3-15-12-11(14)13(17-8-16-12)18-10-6-4-5-9(2)7-10/h8-10H,3-7H2,1-2H3,(H2,15,16,17,18). The van der Waals surface area contributed by atoms with Crippen molar-refractivity contribution in [3.63, 3.8) is 0 Å². The first-order valence-electron chi connectivity index (χ1n) is 6.71. The number of rotatable bonds is 4. The number of halogens is 1. The lowest BCUT2D eigenvalue weighted by molar-refractivity contribution is 0.358. The molecule has 4 nitrogen and oxygen atoms in total. The van der Waals surface area contributed by atoms with Crippen LogP contribution >= 0.6 is 15.9 Å². The molecule has 1 aliphatic carbocycles. The van der Waals surface area contributed by atoms with Gasteiger partial charge in [0.15, 0.2) is 0 Å². The molecule has 2 unspecified atom stereocenters.